The fraction of sp³-hybridized carbons (Fsp3) is 0.250. The highest BCUT2D eigenvalue weighted by Gasteiger charge is 2.23. The summed E-state index contributed by atoms with van der Waals surface area (Å²) in [4.78, 5) is 27.3. The molecule has 0 fully saturated rings. The number of hydrogen-bond acceptors (Lipinski definition) is 5. The number of nitrogens with one attached hydrogen (secondary N) is 1. The number of ether oxygens (including phenoxy) is 1. The van der Waals surface area contributed by atoms with Gasteiger partial charge in [-0.1, -0.05) is 0 Å². The summed E-state index contributed by atoms with van der Waals surface area (Å²) < 4.78 is 11.3. The first-order chi connectivity index (χ1) is 9.20. The second-order valence-electron chi connectivity index (χ2n) is 3.79. The molecule has 7 heteroatoms. The lowest BCUT2D eigenvalue weighted by Gasteiger charge is -2.16. The molecular weight excluding hydrogens is 250 g/mol. The molecule has 1 atom stereocenters. The molecule has 0 spiro atoms. The summed E-state index contributed by atoms with van der Waals surface area (Å²) in [6.07, 6.45) is 6.21. The van der Waals surface area contributed by atoms with Gasteiger partial charge < -0.3 is 19.0 Å². The highest BCUT2D eigenvalue weighted by atomic mass is 16.5. The molecule has 0 radical (unpaired) electrons. The van der Waals surface area contributed by atoms with Crippen molar-refractivity contribution in [3.63, 3.8) is 0 Å². The van der Waals surface area contributed by atoms with Gasteiger partial charge >= 0.3 is 5.97 Å². The van der Waals surface area contributed by atoms with Crippen LogP contribution in [-0.2, 0) is 16.1 Å². The number of nitrogens with zero attached hydrogens (tertiary/aromatic N) is 2. The number of furan rings is 1. The van der Waals surface area contributed by atoms with Crippen molar-refractivity contribution in [1.29, 1.82) is 0 Å². The monoisotopic (exact) mass is 263 g/mol. The topological polar surface area (TPSA) is 86.4 Å². The van der Waals surface area contributed by atoms with E-state index in [1.807, 2.05) is 0 Å². The van der Waals surface area contributed by atoms with E-state index in [-0.39, 0.29) is 12.3 Å². The van der Waals surface area contributed by atoms with Crippen LogP contribution >= 0.6 is 0 Å². The number of hydrogen-bond donors (Lipinski definition) is 1. The number of methoxy groups -OCH3 is 1. The smallest absolute Gasteiger partial charge is 0.330 e. The Labute approximate surface area is 109 Å². The zero-order chi connectivity index (χ0) is 13.7. The zero-order valence-corrected chi connectivity index (χ0v) is 10.3. The minimum absolute atomic E-state index is 0.138. The molecule has 0 aliphatic carbocycles. The maximum atomic E-state index is 11.8. The van der Waals surface area contributed by atoms with Crippen LogP contribution in [0.25, 0.3) is 0 Å². The highest BCUT2D eigenvalue weighted by Crippen LogP contribution is 2.02. The summed E-state index contributed by atoms with van der Waals surface area (Å²) in [6.45, 7) is 0.235. The van der Waals surface area contributed by atoms with E-state index < -0.39 is 17.9 Å². The third-order valence-corrected chi connectivity index (χ3v) is 2.49. The Bertz CT molecular complexity index is 533. The first-order valence-corrected chi connectivity index (χ1v) is 5.58. The molecule has 2 aromatic heterocycles. The number of rotatable bonds is 5. The van der Waals surface area contributed by atoms with Crippen LogP contribution in [0.2, 0.25) is 0 Å². The van der Waals surface area contributed by atoms with Gasteiger partial charge in [-0.3, -0.25) is 4.79 Å². The average Bonchev–Trinajstić information content (AvgIpc) is 3.09. The van der Waals surface area contributed by atoms with Gasteiger partial charge in [-0.15, -0.1) is 0 Å². The molecule has 7 nitrogen and oxygen atoms in total. The SMILES string of the molecule is COC(=O)[C@H](Cn1ccnc1)NC(=O)c1ccco1. The predicted octanol–water partition coefficient (Wildman–Crippen LogP) is 0.448. The van der Waals surface area contributed by atoms with Gasteiger partial charge in [0.2, 0.25) is 0 Å². The maximum absolute atomic E-state index is 11.8. The Hall–Kier alpha value is -2.57. The normalized spacial score (nSPS) is 11.8. The van der Waals surface area contributed by atoms with Crippen LogP contribution in [0, 0.1) is 0 Å². The van der Waals surface area contributed by atoms with Crippen molar-refractivity contribution < 1.29 is 18.7 Å². The average molecular weight is 263 g/mol. The largest absolute Gasteiger partial charge is 0.467 e. The molecule has 2 aromatic rings. The van der Waals surface area contributed by atoms with E-state index in [1.165, 1.54) is 19.4 Å². The van der Waals surface area contributed by atoms with E-state index in [9.17, 15) is 9.59 Å². The molecule has 0 aliphatic rings. The van der Waals surface area contributed by atoms with Crippen LogP contribution in [0.3, 0.4) is 0 Å². The number of imidazole rings is 1. The molecule has 19 heavy (non-hydrogen) atoms. The number of esters is 1. The van der Waals surface area contributed by atoms with Gasteiger partial charge in [0.25, 0.3) is 5.91 Å². The van der Waals surface area contributed by atoms with Crippen LogP contribution in [0.1, 0.15) is 10.6 Å². The number of carbonyl (C=O) groups is 2. The van der Waals surface area contributed by atoms with Crippen molar-refractivity contribution in [2.24, 2.45) is 0 Å². The lowest BCUT2D eigenvalue weighted by molar-refractivity contribution is -0.143. The minimum Gasteiger partial charge on any atom is -0.467 e. The van der Waals surface area contributed by atoms with Crippen molar-refractivity contribution in [3.05, 3.63) is 42.9 Å². The van der Waals surface area contributed by atoms with Gasteiger partial charge in [0.05, 0.1) is 26.2 Å². The third-order valence-electron chi connectivity index (χ3n) is 2.49. The van der Waals surface area contributed by atoms with E-state index >= 15 is 0 Å². The fourth-order valence-electron chi connectivity index (χ4n) is 1.56. The van der Waals surface area contributed by atoms with Gasteiger partial charge in [-0.05, 0) is 12.1 Å². The zero-order valence-electron chi connectivity index (χ0n) is 10.3. The summed E-state index contributed by atoms with van der Waals surface area (Å²) in [7, 11) is 1.27. The Kier molecular flexibility index (Phi) is 3.97. The molecule has 100 valence electrons. The van der Waals surface area contributed by atoms with Crippen LogP contribution in [0.5, 0.6) is 0 Å². The van der Waals surface area contributed by atoms with Crippen LogP contribution in [0.4, 0.5) is 0 Å². The molecule has 2 rings (SSSR count). The van der Waals surface area contributed by atoms with E-state index in [4.69, 9.17) is 4.42 Å². The molecule has 0 aromatic carbocycles. The Morgan fingerprint density at radius 1 is 1.58 bits per heavy atom. The van der Waals surface area contributed by atoms with Gasteiger partial charge in [0.15, 0.2) is 5.76 Å². The predicted molar refractivity (Wildman–Crippen MR) is 64.2 cm³/mol. The van der Waals surface area contributed by atoms with E-state index in [1.54, 1.807) is 29.4 Å². The number of aromatic nitrogens is 2. The van der Waals surface area contributed by atoms with Crippen molar-refractivity contribution in [1.82, 2.24) is 14.9 Å². The standard InChI is InChI=1S/C12H13N3O4/c1-18-12(17)9(7-15-5-4-13-8-15)14-11(16)10-3-2-6-19-10/h2-6,8-9H,7H2,1H3,(H,14,16)/t9-/m0/s1. The molecule has 0 saturated heterocycles. The maximum Gasteiger partial charge on any atom is 0.330 e. The molecule has 1 amide bonds. The van der Waals surface area contributed by atoms with E-state index in [0.29, 0.717) is 0 Å². The van der Waals surface area contributed by atoms with Crippen molar-refractivity contribution >= 4 is 11.9 Å². The first-order valence-electron chi connectivity index (χ1n) is 5.58. The van der Waals surface area contributed by atoms with Crippen LogP contribution in [0.15, 0.2) is 41.5 Å². The van der Waals surface area contributed by atoms with Gasteiger partial charge in [0.1, 0.15) is 6.04 Å². The molecule has 0 bridgehead atoms. The summed E-state index contributed by atoms with van der Waals surface area (Å²) in [5.41, 5.74) is 0. The van der Waals surface area contributed by atoms with Gasteiger partial charge in [0, 0.05) is 12.4 Å². The van der Waals surface area contributed by atoms with Gasteiger partial charge in [-0.25, -0.2) is 9.78 Å². The summed E-state index contributed by atoms with van der Waals surface area (Å²) >= 11 is 0. The lowest BCUT2D eigenvalue weighted by atomic mass is 10.2. The third kappa shape index (κ3) is 3.21. The van der Waals surface area contributed by atoms with Crippen molar-refractivity contribution in [3.8, 4) is 0 Å². The second-order valence-corrected chi connectivity index (χ2v) is 3.79. The fourth-order valence-corrected chi connectivity index (χ4v) is 1.56. The second kappa shape index (κ2) is 5.85. The van der Waals surface area contributed by atoms with Crippen LogP contribution in [-0.4, -0.2) is 34.6 Å². The summed E-state index contributed by atoms with van der Waals surface area (Å²) in [5, 5.41) is 2.55. The van der Waals surface area contributed by atoms with Crippen LogP contribution < -0.4 is 5.32 Å². The number of amides is 1. The molecule has 2 heterocycles. The quantitative estimate of drug-likeness (QED) is 0.791. The molecule has 0 saturated carbocycles. The highest BCUT2D eigenvalue weighted by molar-refractivity contribution is 5.94. The number of carbonyl (C=O) groups excluding carboxylic acids is 2. The first kappa shape index (κ1) is 12.9. The Morgan fingerprint density at radius 3 is 3.00 bits per heavy atom. The lowest BCUT2D eigenvalue weighted by Crippen LogP contribution is -2.44. The summed E-state index contributed by atoms with van der Waals surface area (Å²) in [5.74, 6) is -0.867. The Balaban J connectivity index is 2.06. The van der Waals surface area contributed by atoms with Gasteiger partial charge in [-0.2, -0.15) is 0 Å². The molecule has 1 N–H and O–H groups in total. The summed E-state index contributed by atoms with van der Waals surface area (Å²) in [6, 6.07) is 2.30. The molecule has 0 aliphatic heterocycles. The van der Waals surface area contributed by atoms with E-state index in [2.05, 4.69) is 15.0 Å². The molecular formula is C12H13N3O4. The minimum atomic E-state index is -0.809. The Morgan fingerprint density at radius 2 is 2.42 bits per heavy atom. The van der Waals surface area contributed by atoms with Crippen molar-refractivity contribution in [2.45, 2.75) is 12.6 Å². The van der Waals surface area contributed by atoms with E-state index in [0.717, 1.165) is 0 Å². The van der Waals surface area contributed by atoms with Crippen molar-refractivity contribution in [2.75, 3.05) is 7.11 Å². The molecule has 0 unspecified atom stereocenters.